The fourth-order valence-electron chi connectivity index (χ4n) is 1.76. The molecule has 0 atom stereocenters. The molecule has 1 N–H and O–H groups in total. The Labute approximate surface area is 129 Å². The largest absolute Gasteiger partial charge is 0.326 e. The molecule has 2 nitrogen and oxygen atoms in total. The molecule has 0 saturated heterocycles. The lowest BCUT2D eigenvalue weighted by molar-refractivity contribution is -0.115. The molecule has 0 aliphatic carbocycles. The monoisotopic (exact) mass is 381 g/mol. The van der Waals surface area contributed by atoms with Crippen molar-refractivity contribution in [2.24, 2.45) is 0 Å². The predicted molar refractivity (Wildman–Crippen MR) is 85.4 cm³/mol. The van der Waals surface area contributed by atoms with E-state index in [1.807, 2.05) is 49.4 Å². The van der Waals surface area contributed by atoms with Gasteiger partial charge in [-0.05, 0) is 42.3 Å². The number of benzene rings is 2. The van der Waals surface area contributed by atoms with Crippen molar-refractivity contribution in [3.8, 4) is 0 Å². The third-order valence-electron chi connectivity index (χ3n) is 2.73. The lowest BCUT2D eigenvalue weighted by atomic mass is 10.1. The zero-order valence-corrected chi connectivity index (χ0v) is 13.6. The highest BCUT2D eigenvalue weighted by Gasteiger charge is 2.06. The number of halogens is 2. The van der Waals surface area contributed by atoms with Gasteiger partial charge in [0.2, 0.25) is 5.91 Å². The third-order valence-corrected chi connectivity index (χ3v) is 3.71. The molecular formula is C15H13Br2NO. The van der Waals surface area contributed by atoms with E-state index in [9.17, 15) is 4.79 Å². The standard InChI is InChI=1S/C15H13Br2NO/c1-10-5-6-13(17)9-14(10)18-15(19)8-11-3-2-4-12(16)7-11/h2-7,9H,8H2,1H3,(H,18,19). The minimum atomic E-state index is -0.0145. The summed E-state index contributed by atoms with van der Waals surface area (Å²) in [5.74, 6) is -0.0145. The van der Waals surface area contributed by atoms with Gasteiger partial charge in [0.1, 0.15) is 0 Å². The van der Waals surface area contributed by atoms with Crippen LogP contribution < -0.4 is 5.32 Å². The van der Waals surface area contributed by atoms with Gasteiger partial charge < -0.3 is 5.32 Å². The van der Waals surface area contributed by atoms with E-state index >= 15 is 0 Å². The first-order chi connectivity index (χ1) is 9.04. The SMILES string of the molecule is Cc1ccc(Br)cc1NC(=O)Cc1cccc(Br)c1. The molecule has 0 radical (unpaired) electrons. The van der Waals surface area contributed by atoms with Gasteiger partial charge in [-0.25, -0.2) is 0 Å². The van der Waals surface area contributed by atoms with Gasteiger partial charge in [-0.15, -0.1) is 0 Å². The van der Waals surface area contributed by atoms with E-state index in [1.54, 1.807) is 0 Å². The summed E-state index contributed by atoms with van der Waals surface area (Å²) in [4.78, 5) is 12.0. The number of rotatable bonds is 3. The molecule has 0 bridgehead atoms. The summed E-state index contributed by atoms with van der Waals surface area (Å²) in [6, 6.07) is 13.6. The molecule has 1 amide bonds. The number of carbonyl (C=O) groups is 1. The van der Waals surface area contributed by atoms with Crippen LogP contribution in [0.4, 0.5) is 5.69 Å². The summed E-state index contributed by atoms with van der Waals surface area (Å²) in [6.07, 6.45) is 0.366. The van der Waals surface area contributed by atoms with E-state index in [4.69, 9.17) is 0 Å². The van der Waals surface area contributed by atoms with Crippen molar-refractivity contribution in [3.63, 3.8) is 0 Å². The van der Waals surface area contributed by atoms with Crippen molar-refractivity contribution in [2.45, 2.75) is 13.3 Å². The molecule has 0 aliphatic heterocycles. The van der Waals surface area contributed by atoms with E-state index in [-0.39, 0.29) is 5.91 Å². The van der Waals surface area contributed by atoms with Crippen LogP contribution in [0.5, 0.6) is 0 Å². The summed E-state index contributed by atoms with van der Waals surface area (Å²) in [7, 11) is 0. The number of hydrogen-bond donors (Lipinski definition) is 1. The van der Waals surface area contributed by atoms with Crippen molar-refractivity contribution in [1.82, 2.24) is 0 Å². The van der Waals surface area contributed by atoms with Crippen LogP contribution in [0.3, 0.4) is 0 Å². The number of amides is 1. The molecule has 0 aliphatic rings. The van der Waals surface area contributed by atoms with Gasteiger partial charge in [-0.3, -0.25) is 4.79 Å². The average Bonchev–Trinajstić information content (AvgIpc) is 2.34. The Morgan fingerprint density at radius 2 is 1.84 bits per heavy atom. The summed E-state index contributed by atoms with van der Waals surface area (Å²) >= 11 is 6.81. The Morgan fingerprint density at radius 1 is 1.11 bits per heavy atom. The van der Waals surface area contributed by atoms with Crippen molar-refractivity contribution in [1.29, 1.82) is 0 Å². The number of aryl methyl sites for hydroxylation is 1. The van der Waals surface area contributed by atoms with E-state index < -0.39 is 0 Å². The summed E-state index contributed by atoms with van der Waals surface area (Å²) in [6.45, 7) is 1.97. The molecule has 0 aromatic heterocycles. The highest BCUT2D eigenvalue weighted by Crippen LogP contribution is 2.21. The second-order valence-electron chi connectivity index (χ2n) is 4.31. The normalized spacial score (nSPS) is 10.3. The minimum Gasteiger partial charge on any atom is -0.326 e. The number of nitrogens with one attached hydrogen (secondary N) is 1. The van der Waals surface area contributed by atoms with Gasteiger partial charge in [0.15, 0.2) is 0 Å². The number of anilines is 1. The molecule has 2 aromatic rings. The van der Waals surface area contributed by atoms with Crippen LogP contribution in [0.1, 0.15) is 11.1 Å². The number of hydrogen-bond acceptors (Lipinski definition) is 1. The second-order valence-corrected chi connectivity index (χ2v) is 6.15. The van der Waals surface area contributed by atoms with Crippen LogP contribution >= 0.6 is 31.9 Å². The lowest BCUT2D eigenvalue weighted by Gasteiger charge is -2.09. The molecule has 2 rings (SSSR count). The average molecular weight is 383 g/mol. The Morgan fingerprint density at radius 3 is 2.58 bits per heavy atom. The summed E-state index contributed by atoms with van der Waals surface area (Å²) < 4.78 is 1.94. The highest BCUT2D eigenvalue weighted by molar-refractivity contribution is 9.10. The third kappa shape index (κ3) is 4.18. The highest BCUT2D eigenvalue weighted by atomic mass is 79.9. The van der Waals surface area contributed by atoms with Crippen molar-refractivity contribution >= 4 is 43.5 Å². The van der Waals surface area contributed by atoms with Gasteiger partial charge in [-0.2, -0.15) is 0 Å². The maximum Gasteiger partial charge on any atom is 0.228 e. The maximum atomic E-state index is 12.0. The van der Waals surface area contributed by atoms with Crippen LogP contribution in [0.2, 0.25) is 0 Å². The van der Waals surface area contributed by atoms with Crippen molar-refractivity contribution in [3.05, 3.63) is 62.5 Å². The first-order valence-electron chi connectivity index (χ1n) is 5.85. The molecule has 0 heterocycles. The molecule has 19 heavy (non-hydrogen) atoms. The van der Waals surface area contributed by atoms with Crippen molar-refractivity contribution < 1.29 is 4.79 Å². The van der Waals surface area contributed by atoms with E-state index in [0.29, 0.717) is 6.42 Å². The van der Waals surface area contributed by atoms with Crippen LogP contribution in [0.15, 0.2) is 51.4 Å². The van der Waals surface area contributed by atoms with Gasteiger partial charge in [0.05, 0.1) is 6.42 Å². The van der Waals surface area contributed by atoms with Crippen LogP contribution in [-0.2, 0) is 11.2 Å². The molecule has 0 unspecified atom stereocenters. The second kappa shape index (κ2) is 6.35. The molecule has 98 valence electrons. The number of carbonyl (C=O) groups excluding carboxylic acids is 1. The van der Waals surface area contributed by atoms with Gasteiger partial charge in [-0.1, -0.05) is 50.1 Å². The quantitative estimate of drug-likeness (QED) is 0.818. The van der Waals surface area contributed by atoms with Crippen LogP contribution in [0.25, 0.3) is 0 Å². The van der Waals surface area contributed by atoms with E-state index in [1.165, 1.54) is 0 Å². The minimum absolute atomic E-state index is 0.0145. The van der Waals surface area contributed by atoms with E-state index in [0.717, 1.165) is 25.8 Å². The van der Waals surface area contributed by atoms with E-state index in [2.05, 4.69) is 37.2 Å². The van der Waals surface area contributed by atoms with Crippen molar-refractivity contribution in [2.75, 3.05) is 5.32 Å². The Balaban J connectivity index is 2.07. The Bertz CT molecular complexity index is 611. The molecule has 4 heteroatoms. The fourth-order valence-corrected chi connectivity index (χ4v) is 2.56. The van der Waals surface area contributed by atoms with Gasteiger partial charge >= 0.3 is 0 Å². The maximum absolute atomic E-state index is 12.0. The topological polar surface area (TPSA) is 29.1 Å². The summed E-state index contributed by atoms with van der Waals surface area (Å²) in [5.41, 5.74) is 2.87. The molecule has 2 aromatic carbocycles. The molecule has 0 spiro atoms. The zero-order valence-electron chi connectivity index (χ0n) is 10.4. The van der Waals surface area contributed by atoms with Gasteiger partial charge in [0, 0.05) is 14.6 Å². The Kier molecular flexibility index (Phi) is 4.77. The zero-order chi connectivity index (χ0) is 13.8. The molecular weight excluding hydrogens is 370 g/mol. The van der Waals surface area contributed by atoms with Gasteiger partial charge in [0.25, 0.3) is 0 Å². The Hall–Kier alpha value is -1.13. The molecule has 0 fully saturated rings. The first-order valence-corrected chi connectivity index (χ1v) is 7.43. The smallest absolute Gasteiger partial charge is 0.228 e. The van der Waals surface area contributed by atoms with Crippen LogP contribution in [0, 0.1) is 6.92 Å². The first kappa shape index (κ1) is 14.3. The predicted octanol–water partition coefficient (Wildman–Crippen LogP) is 4.70. The summed E-state index contributed by atoms with van der Waals surface area (Å²) in [5, 5.41) is 2.93. The lowest BCUT2D eigenvalue weighted by Crippen LogP contribution is -2.15. The van der Waals surface area contributed by atoms with Crippen LogP contribution in [-0.4, -0.2) is 5.91 Å². The fraction of sp³-hybridized carbons (Fsp3) is 0.133. The molecule has 0 saturated carbocycles.